The molecule has 0 aliphatic rings. The van der Waals surface area contributed by atoms with Crippen LogP contribution in [0.2, 0.25) is 0 Å². The van der Waals surface area contributed by atoms with E-state index in [1.54, 1.807) is 6.92 Å². The van der Waals surface area contributed by atoms with E-state index in [9.17, 15) is 9.59 Å². The fourth-order valence-electron chi connectivity index (χ4n) is 3.29. The van der Waals surface area contributed by atoms with E-state index < -0.39 is 5.69 Å². The lowest BCUT2D eigenvalue weighted by molar-refractivity contribution is 0.0887. The van der Waals surface area contributed by atoms with Gasteiger partial charge in [-0.15, -0.1) is 20.0 Å². The van der Waals surface area contributed by atoms with E-state index >= 15 is 0 Å². The number of carbonyl (C=O) groups excluding carboxylic acids is 1. The summed E-state index contributed by atoms with van der Waals surface area (Å²) in [7, 11) is 0. The van der Waals surface area contributed by atoms with Crippen molar-refractivity contribution in [2.24, 2.45) is 0 Å². The lowest BCUT2D eigenvalue weighted by Crippen LogP contribution is -2.29. The molecule has 0 saturated carbocycles. The molecule has 0 aliphatic heterocycles. The topological polar surface area (TPSA) is 111 Å². The van der Waals surface area contributed by atoms with Gasteiger partial charge < -0.3 is 0 Å². The molecule has 0 atom stereocenters. The van der Waals surface area contributed by atoms with Gasteiger partial charge in [-0.25, -0.2) is 4.79 Å². The van der Waals surface area contributed by atoms with Crippen LogP contribution in [0.1, 0.15) is 42.9 Å². The van der Waals surface area contributed by atoms with Crippen LogP contribution in [0.5, 0.6) is 0 Å². The second kappa shape index (κ2) is 9.22. The van der Waals surface area contributed by atoms with Crippen molar-refractivity contribution in [3.8, 4) is 34.4 Å². The summed E-state index contributed by atoms with van der Waals surface area (Å²) in [5.41, 5.74) is 3.21. The number of carbonyl (C=O) groups is 1. The Morgan fingerprint density at radius 1 is 1.06 bits per heavy atom. The molecule has 0 spiro atoms. The largest absolute Gasteiger partial charge is 0.354 e. The fraction of sp³-hybridized carbons (Fsp3) is 0.217. The molecule has 9 heteroatoms. The van der Waals surface area contributed by atoms with Crippen molar-refractivity contribution < 1.29 is 4.79 Å². The third-order valence-electron chi connectivity index (χ3n) is 4.90. The number of benzene rings is 2. The summed E-state index contributed by atoms with van der Waals surface area (Å²) in [4.78, 5) is 24.9. The van der Waals surface area contributed by atoms with Crippen LogP contribution in [0.15, 0.2) is 53.3 Å². The zero-order valence-corrected chi connectivity index (χ0v) is 17.7. The smallest absolute Gasteiger partial charge is 0.272 e. The van der Waals surface area contributed by atoms with Crippen LogP contribution in [-0.4, -0.2) is 40.9 Å². The number of rotatable bonds is 5. The summed E-state index contributed by atoms with van der Waals surface area (Å²) in [5, 5.41) is 18.4. The number of hydrogen-bond donors (Lipinski definition) is 1. The number of nitrogens with zero attached hydrogens (tertiary/aromatic N) is 6. The number of nitrogens with one attached hydrogen (secondary N) is 1. The zero-order chi connectivity index (χ0) is 22.5. The molecule has 0 unspecified atom stereocenters. The predicted octanol–water partition coefficient (Wildman–Crippen LogP) is 2.75. The Labute approximate surface area is 184 Å². The maximum Gasteiger partial charge on any atom is 0.354 e. The first-order chi connectivity index (χ1) is 15.6. The van der Waals surface area contributed by atoms with Crippen LogP contribution in [0.4, 0.5) is 0 Å². The number of tetrazole rings is 1. The van der Waals surface area contributed by atoms with Crippen molar-refractivity contribution in [1.82, 2.24) is 35.0 Å². The molecule has 0 aliphatic carbocycles. The van der Waals surface area contributed by atoms with E-state index in [-0.39, 0.29) is 24.7 Å². The minimum atomic E-state index is -0.483. The molecule has 160 valence electrons. The van der Waals surface area contributed by atoms with Gasteiger partial charge in [0, 0.05) is 18.4 Å². The quantitative estimate of drug-likeness (QED) is 0.490. The van der Waals surface area contributed by atoms with E-state index in [2.05, 4.69) is 37.6 Å². The van der Waals surface area contributed by atoms with E-state index in [1.807, 2.05) is 55.5 Å². The van der Waals surface area contributed by atoms with E-state index in [0.717, 1.165) is 26.9 Å². The van der Waals surface area contributed by atoms with Gasteiger partial charge in [0.2, 0.25) is 11.6 Å². The molecule has 0 radical (unpaired) electrons. The third-order valence-corrected chi connectivity index (χ3v) is 4.90. The standard InChI is InChI=1S/C23H21N7O2/c1-3-5-10-20-26-30(21(31)4-2)23(32)29(20)15-16-11-13-17(14-12-16)18-8-6-7-9-19(18)22-24-27-28-25-22/h6-9,11-14H,3-4,15H2,1-2H3,(H,24,25,27,28). The SMILES string of the molecule is CCC#Cc1nn(C(=O)CC)c(=O)n1Cc1ccc(-c2ccccc2-c2nn[nH]n2)cc1. The summed E-state index contributed by atoms with van der Waals surface area (Å²) in [6.07, 6.45) is 0.809. The van der Waals surface area contributed by atoms with Crippen LogP contribution in [0, 0.1) is 11.8 Å². The molecule has 0 fully saturated rings. The van der Waals surface area contributed by atoms with Gasteiger partial charge in [-0.05, 0) is 27.8 Å². The van der Waals surface area contributed by atoms with Gasteiger partial charge in [-0.2, -0.15) is 5.21 Å². The molecule has 32 heavy (non-hydrogen) atoms. The highest BCUT2D eigenvalue weighted by Crippen LogP contribution is 2.29. The summed E-state index contributed by atoms with van der Waals surface area (Å²) >= 11 is 0. The molecule has 0 bridgehead atoms. The first kappa shape index (κ1) is 20.9. The highest BCUT2D eigenvalue weighted by atomic mass is 16.2. The molecule has 4 aromatic rings. The van der Waals surface area contributed by atoms with Gasteiger partial charge in [0.15, 0.2) is 0 Å². The molecule has 0 amide bonds. The maximum absolute atomic E-state index is 12.8. The number of aromatic amines is 1. The van der Waals surface area contributed by atoms with Gasteiger partial charge in [0.1, 0.15) is 0 Å². The Kier molecular flexibility index (Phi) is 6.03. The lowest BCUT2D eigenvalue weighted by Gasteiger charge is -2.08. The van der Waals surface area contributed by atoms with Gasteiger partial charge in [-0.3, -0.25) is 9.36 Å². The van der Waals surface area contributed by atoms with Crippen molar-refractivity contribution >= 4 is 5.91 Å². The second-order valence-corrected chi connectivity index (χ2v) is 6.98. The molecule has 2 aromatic carbocycles. The molecule has 2 heterocycles. The minimum absolute atomic E-state index is 0.187. The van der Waals surface area contributed by atoms with Crippen LogP contribution in [0.3, 0.4) is 0 Å². The van der Waals surface area contributed by atoms with Crippen molar-refractivity contribution in [2.75, 3.05) is 0 Å². The Morgan fingerprint density at radius 2 is 1.81 bits per heavy atom. The lowest BCUT2D eigenvalue weighted by atomic mass is 9.98. The molecule has 9 nitrogen and oxygen atoms in total. The van der Waals surface area contributed by atoms with E-state index in [4.69, 9.17) is 0 Å². The summed E-state index contributed by atoms with van der Waals surface area (Å²) in [5.74, 6) is 6.25. The predicted molar refractivity (Wildman–Crippen MR) is 119 cm³/mol. The Hall–Kier alpha value is -4.32. The van der Waals surface area contributed by atoms with E-state index in [0.29, 0.717) is 12.2 Å². The molecular weight excluding hydrogens is 406 g/mol. The summed E-state index contributed by atoms with van der Waals surface area (Å²) < 4.78 is 2.33. The number of aromatic nitrogens is 7. The first-order valence-electron chi connectivity index (χ1n) is 10.3. The normalized spacial score (nSPS) is 10.6. The van der Waals surface area contributed by atoms with Crippen molar-refractivity contribution in [1.29, 1.82) is 0 Å². The molecule has 1 N–H and O–H groups in total. The van der Waals surface area contributed by atoms with Crippen LogP contribution in [-0.2, 0) is 6.54 Å². The fourth-order valence-corrected chi connectivity index (χ4v) is 3.29. The Balaban J connectivity index is 1.67. The van der Waals surface area contributed by atoms with Gasteiger partial charge in [0.25, 0.3) is 5.91 Å². The average Bonchev–Trinajstić information content (AvgIpc) is 3.47. The highest BCUT2D eigenvalue weighted by molar-refractivity contribution is 5.80. The molecule has 4 rings (SSSR count). The highest BCUT2D eigenvalue weighted by Gasteiger charge is 2.17. The van der Waals surface area contributed by atoms with Gasteiger partial charge >= 0.3 is 5.69 Å². The Morgan fingerprint density at radius 3 is 2.47 bits per heavy atom. The molecular formula is C23H21N7O2. The average molecular weight is 427 g/mol. The summed E-state index contributed by atoms with van der Waals surface area (Å²) in [6, 6.07) is 15.6. The maximum atomic E-state index is 12.8. The number of hydrogen-bond acceptors (Lipinski definition) is 6. The van der Waals surface area contributed by atoms with Crippen LogP contribution < -0.4 is 5.69 Å². The zero-order valence-electron chi connectivity index (χ0n) is 17.7. The van der Waals surface area contributed by atoms with Crippen molar-refractivity contribution in [3.05, 3.63) is 70.4 Å². The third kappa shape index (κ3) is 4.11. The minimum Gasteiger partial charge on any atom is -0.272 e. The van der Waals surface area contributed by atoms with Crippen LogP contribution in [0.25, 0.3) is 22.5 Å². The van der Waals surface area contributed by atoms with Gasteiger partial charge in [-0.1, -0.05) is 68.3 Å². The second-order valence-electron chi connectivity index (χ2n) is 6.98. The number of H-pyrrole nitrogens is 1. The monoisotopic (exact) mass is 427 g/mol. The van der Waals surface area contributed by atoms with Gasteiger partial charge in [0.05, 0.1) is 6.54 Å². The molecule has 0 saturated heterocycles. The van der Waals surface area contributed by atoms with E-state index in [1.165, 1.54) is 4.57 Å². The van der Waals surface area contributed by atoms with Crippen molar-refractivity contribution in [3.63, 3.8) is 0 Å². The summed E-state index contributed by atoms with van der Waals surface area (Å²) in [6.45, 7) is 3.86. The molecule has 2 aromatic heterocycles. The first-order valence-corrected chi connectivity index (χ1v) is 10.3. The van der Waals surface area contributed by atoms with Crippen molar-refractivity contribution in [2.45, 2.75) is 33.2 Å². The Bertz CT molecular complexity index is 1350. The van der Waals surface area contributed by atoms with Crippen LogP contribution >= 0.6 is 0 Å².